The second-order valence-electron chi connectivity index (χ2n) is 5.54. The molecule has 4 heteroatoms. The maximum absolute atomic E-state index is 11.3. The van der Waals surface area contributed by atoms with Gasteiger partial charge in [-0.25, -0.2) is 0 Å². The number of esters is 1. The quantitative estimate of drug-likeness (QED) is 0.472. The van der Waals surface area contributed by atoms with E-state index in [2.05, 4.69) is 13.8 Å². The van der Waals surface area contributed by atoms with Crippen molar-refractivity contribution >= 4 is 5.97 Å². The first-order valence-electron chi connectivity index (χ1n) is 6.72. The Morgan fingerprint density at radius 1 is 1.11 bits per heavy atom. The third kappa shape index (κ3) is 11.9. The molecule has 0 aliphatic carbocycles. The lowest BCUT2D eigenvalue weighted by atomic mass is 10.1. The molecular weight excluding hydrogens is 232 g/mol. The standard InChI is InChI=1S/C14H28O4/c1-6-12(2)11-17-10-9-16-8-7-13(15)18-14(3,4)5/h12H,6-11H2,1-5H3. The topological polar surface area (TPSA) is 44.8 Å². The molecule has 0 aromatic rings. The van der Waals surface area contributed by atoms with Gasteiger partial charge in [-0.15, -0.1) is 0 Å². The highest BCUT2D eigenvalue weighted by Gasteiger charge is 2.15. The van der Waals surface area contributed by atoms with Crippen LogP contribution >= 0.6 is 0 Å². The Bertz CT molecular complexity index is 220. The molecule has 1 atom stereocenters. The van der Waals surface area contributed by atoms with Gasteiger partial charge in [0, 0.05) is 6.61 Å². The zero-order chi connectivity index (χ0) is 14.0. The first-order chi connectivity index (χ1) is 8.35. The van der Waals surface area contributed by atoms with Crippen LogP contribution in [0.25, 0.3) is 0 Å². The molecule has 0 bridgehead atoms. The molecule has 0 aromatic heterocycles. The van der Waals surface area contributed by atoms with Crippen LogP contribution in [-0.4, -0.2) is 38.0 Å². The Labute approximate surface area is 111 Å². The molecule has 0 aliphatic rings. The van der Waals surface area contributed by atoms with Crippen molar-refractivity contribution in [1.82, 2.24) is 0 Å². The van der Waals surface area contributed by atoms with Crippen LogP contribution in [0.4, 0.5) is 0 Å². The highest BCUT2D eigenvalue weighted by Crippen LogP contribution is 2.08. The van der Waals surface area contributed by atoms with E-state index >= 15 is 0 Å². The zero-order valence-corrected chi connectivity index (χ0v) is 12.5. The predicted molar refractivity (Wildman–Crippen MR) is 71.6 cm³/mol. The van der Waals surface area contributed by atoms with Crippen molar-refractivity contribution < 1.29 is 19.0 Å². The molecule has 108 valence electrons. The van der Waals surface area contributed by atoms with Gasteiger partial charge in [0.05, 0.1) is 26.2 Å². The minimum atomic E-state index is -0.420. The van der Waals surface area contributed by atoms with Crippen LogP contribution in [0.5, 0.6) is 0 Å². The summed E-state index contributed by atoms with van der Waals surface area (Å²) < 4.78 is 15.9. The first-order valence-corrected chi connectivity index (χ1v) is 6.72. The van der Waals surface area contributed by atoms with Crippen LogP contribution in [0, 0.1) is 5.92 Å². The summed E-state index contributed by atoms with van der Waals surface area (Å²) in [5, 5.41) is 0. The van der Waals surface area contributed by atoms with Crippen LogP contribution in [0.15, 0.2) is 0 Å². The number of hydrogen-bond donors (Lipinski definition) is 0. The van der Waals surface area contributed by atoms with E-state index in [-0.39, 0.29) is 5.97 Å². The van der Waals surface area contributed by atoms with E-state index < -0.39 is 5.60 Å². The van der Waals surface area contributed by atoms with Gasteiger partial charge in [-0.3, -0.25) is 4.79 Å². The summed E-state index contributed by atoms with van der Waals surface area (Å²) in [6, 6.07) is 0. The van der Waals surface area contributed by atoms with E-state index in [1.165, 1.54) is 0 Å². The molecule has 4 nitrogen and oxygen atoms in total. The maximum atomic E-state index is 11.3. The SMILES string of the molecule is CCC(C)COCCOCCC(=O)OC(C)(C)C. The third-order valence-electron chi connectivity index (χ3n) is 2.34. The summed E-state index contributed by atoms with van der Waals surface area (Å²) in [5.74, 6) is 0.370. The number of ether oxygens (including phenoxy) is 3. The Morgan fingerprint density at radius 3 is 2.28 bits per heavy atom. The number of carbonyl (C=O) groups is 1. The molecule has 18 heavy (non-hydrogen) atoms. The summed E-state index contributed by atoms with van der Waals surface area (Å²) in [6.07, 6.45) is 1.42. The largest absolute Gasteiger partial charge is 0.460 e. The van der Waals surface area contributed by atoms with Gasteiger partial charge in [0.25, 0.3) is 0 Å². The smallest absolute Gasteiger partial charge is 0.308 e. The monoisotopic (exact) mass is 260 g/mol. The maximum Gasteiger partial charge on any atom is 0.308 e. The van der Waals surface area contributed by atoms with Crippen molar-refractivity contribution in [3.8, 4) is 0 Å². The molecule has 1 unspecified atom stereocenters. The average molecular weight is 260 g/mol. The van der Waals surface area contributed by atoms with E-state index in [0.717, 1.165) is 13.0 Å². The highest BCUT2D eigenvalue weighted by atomic mass is 16.6. The normalized spacial score (nSPS) is 13.4. The van der Waals surface area contributed by atoms with Crippen molar-refractivity contribution in [1.29, 1.82) is 0 Å². The summed E-state index contributed by atoms with van der Waals surface area (Å²) >= 11 is 0. The molecule has 0 aliphatic heterocycles. The van der Waals surface area contributed by atoms with Crippen molar-refractivity contribution in [2.24, 2.45) is 5.92 Å². The van der Waals surface area contributed by atoms with Crippen molar-refractivity contribution in [3.63, 3.8) is 0 Å². The van der Waals surface area contributed by atoms with Crippen LogP contribution in [0.2, 0.25) is 0 Å². The lowest BCUT2D eigenvalue weighted by Gasteiger charge is -2.19. The van der Waals surface area contributed by atoms with Crippen molar-refractivity contribution in [3.05, 3.63) is 0 Å². The Morgan fingerprint density at radius 2 is 1.72 bits per heavy atom. The summed E-state index contributed by atoms with van der Waals surface area (Å²) in [6.45, 7) is 12.1. The number of carbonyl (C=O) groups excluding carboxylic acids is 1. The molecule has 0 saturated carbocycles. The molecule has 0 N–H and O–H groups in total. The Hall–Kier alpha value is -0.610. The average Bonchev–Trinajstić information content (AvgIpc) is 2.25. The molecule has 0 aromatic carbocycles. The molecule has 0 heterocycles. The van der Waals surface area contributed by atoms with E-state index in [9.17, 15) is 4.79 Å². The second-order valence-corrected chi connectivity index (χ2v) is 5.54. The van der Waals surface area contributed by atoms with Crippen LogP contribution < -0.4 is 0 Å². The Kier molecular flexibility index (Phi) is 9.02. The number of rotatable bonds is 9. The van der Waals surface area contributed by atoms with Crippen LogP contribution in [-0.2, 0) is 19.0 Å². The van der Waals surface area contributed by atoms with Crippen LogP contribution in [0.3, 0.4) is 0 Å². The van der Waals surface area contributed by atoms with Gasteiger partial charge in [0.1, 0.15) is 5.60 Å². The van der Waals surface area contributed by atoms with Gasteiger partial charge >= 0.3 is 5.97 Å². The lowest BCUT2D eigenvalue weighted by Crippen LogP contribution is -2.24. The molecular formula is C14H28O4. The zero-order valence-electron chi connectivity index (χ0n) is 12.5. The third-order valence-corrected chi connectivity index (χ3v) is 2.34. The number of hydrogen-bond acceptors (Lipinski definition) is 4. The van der Waals surface area contributed by atoms with Gasteiger partial charge in [-0.2, -0.15) is 0 Å². The summed E-state index contributed by atoms with van der Waals surface area (Å²) in [5.41, 5.74) is -0.420. The molecule has 0 fully saturated rings. The highest BCUT2D eigenvalue weighted by molar-refractivity contribution is 5.69. The van der Waals surface area contributed by atoms with Gasteiger partial charge in [0.15, 0.2) is 0 Å². The predicted octanol–water partition coefficient (Wildman–Crippen LogP) is 2.80. The van der Waals surface area contributed by atoms with Gasteiger partial charge in [-0.1, -0.05) is 20.3 Å². The van der Waals surface area contributed by atoms with E-state index in [0.29, 0.717) is 32.2 Å². The van der Waals surface area contributed by atoms with Crippen molar-refractivity contribution in [2.45, 2.75) is 53.1 Å². The molecule has 0 radical (unpaired) electrons. The molecule has 0 spiro atoms. The Balaban J connectivity index is 3.33. The first kappa shape index (κ1) is 17.4. The fourth-order valence-electron chi connectivity index (χ4n) is 1.17. The van der Waals surface area contributed by atoms with Gasteiger partial charge in [0.2, 0.25) is 0 Å². The van der Waals surface area contributed by atoms with Crippen molar-refractivity contribution in [2.75, 3.05) is 26.4 Å². The molecule has 0 saturated heterocycles. The van der Waals surface area contributed by atoms with Crippen LogP contribution in [0.1, 0.15) is 47.5 Å². The van der Waals surface area contributed by atoms with E-state index in [1.54, 1.807) is 0 Å². The molecule has 0 rings (SSSR count). The molecule has 0 amide bonds. The lowest BCUT2D eigenvalue weighted by molar-refractivity contribution is -0.156. The second kappa shape index (κ2) is 9.34. The fraction of sp³-hybridized carbons (Fsp3) is 0.929. The van der Waals surface area contributed by atoms with Gasteiger partial charge < -0.3 is 14.2 Å². The summed E-state index contributed by atoms with van der Waals surface area (Å²) in [4.78, 5) is 11.3. The fourth-order valence-corrected chi connectivity index (χ4v) is 1.17. The minimum absolute atomic E-state index is 0.219. The van der Waals surface area contributed by atoms with E-state index in [4.69, 9.17) is 14.2 Å². The summed E-state index contributed by atoms with van der Waals surface area (Å²) in [7, 11) is 0. The van der Waals surface area contributed by atoms with Gasteiger partial charge in [-0.05, 0) is 26.7 Å². The van der Waals surface area contributed by atoms with E-state index in [1.807, 2.05) is 20.8 Å². The minimum Gasteiger partial charge on any atom is -0.460 e.